The lowest BCUT2D eigenvalue weighted by Crippen LogP contribution is -2.38. The van der Waals surface area contributed by atoms with Gasteiger partial charge in [0, 0.05) is 30.7 Å². The predicted octanol–water partition coefficient (Wildman–Crippen LogP) is 3.96. The average Bonchev–Trinajstić information content (AvgIpc) is 2.96. The maximum atomic E-state index is 12.9. The van der Waals surface area contributed by atoms with Crippen molar-refractivity contribution in [2.45, 2.75) is 31.7 Å². The van der Waals surface area contributed by atoms with E-state index in [1.54, 1.807) is 18.5 Å². The fourth-order valence-corrected chi connectivity index (χ4v) is 3.45. The average molecular weight is 339 g/mol. The molecule has 1 N–H and O–H groups in total. The Morgan fingerprint density at radius 2 is 1.92 bits per heavy atom. The number of nitrogens with one attached hydrogen (secondary N) is 1. The van der Waals surface area contributed by atoms with E-state index >= 15 is 0 Å². The molecule has 1 aromatic heterocycles. The van der Waals surface area contributed by atoms with Gasteiger partial charge in [-0.3, -0.25) is 4.98 Å². The summed E-state index contributed by atoms with van der Waals surface area (Å²) in [6.45, 7) is 0.979. The maximum Gasteiger partial charge on any atom is 0.322 e. The summed E-state index contributed by atoms with van der Waals surface area (Å²) in [5.41, 5.74) is 1.85. The molecule has 130 valence electrons. The van der Waals surface area contributed by atoms with Crippen molar-refractivity contribution in [2.24, 2.45) is 0 Å². The molecule has 0 radical (unpaired) electrons. The van der Waals surface area contributed by atoms with Crippen LogP contribution >= 0.6 is 0 Å². The van der Waals surface area contributed by atoms with Crippen molar-refractivity contribution >= 4 is 11.7 Å². The second kappa shape index (κ2) is 7.01. The Morgan fingerprint density at radius 3 is 2.80 bits per heavy atom. The number of hydrogen-bond acceptors (Lipinski definition) is 4. The number of likely N-dealkylation sites (tertiary alicyclic amines) is 1. The smallest absolute Gasteiger partial charge is 0.322 e. The lowest BCUT2D eigenvalue weighted by Gasteiger charge is -2.30. The number of ether oxygens (including phenoxy) is 2. The summed E-state index contributed by atoms with van der Waals surface area (Å²) in [5, 5.41) is 3.00. The normalized spacial score (nSPS) is 19.4. The molecule has 2 aliphatic rings. The molecule has 1 saturated heterocycles. The van der Waals surface area contributed by atoms with Crippen molar-refractivity contribution in [2.75, 3.05) is 18.7 Å². The molecule has 2 amide bonds. The molecule has 0 saturated carbocycles. The van der Waals surface area contributed by atoms with Gasteiger partial charge in [0.2, 0.25) is 6.79 Å². The molecular weight excluding hydrogens is 318 g/mol. The van der Waals surface area contributed by atoms with Crippen LogP contribution in [0.3, 0.4) is 0 Å². The minimum atomic E-state index is -0.0809. The first-order chi connectivity index (χ1) is 12.3. The van der Waals surface area contributed by atoms with Gasteiger partial charge in [-0.05, 0) is 42.7 Å². The fourth-order valence-electron chi connectivity index (χ4n) is 3.45. The van der Waals surface area contributed by atoms with E-state index in [0.29, 0.717) is 17.2 Å². The first-order valence-corrected chi connectivity index (χ1v) is 8.68. The second-order valence-corrected chi connectivity index (χ2v) is 6.34. The zero-order valence-electron chi connectivity index (χ0n) is 14.0. The summed E-state index contributed by atoms with van der Waals surface area (Å²) in [4.78, 5) is 19.0. The molecule has 2 aliphatic heterocycles. The van der Waals surface area contributed by atoms with Gasteiger partial charge in [-0.25, -0.2) is 4.79 Å². The van der Waals surface area contributed by atoms with Crippen molar-refractivity contribution in [3.63, 3.8) is 0 Å². The predicted molar refractivity (Wildman–Crippen MR) is 93.7 cm³/mol. The number of pyridine rings is 1. The third-order valence-corrected chi connectivity index (χ3v) is 4.73. The summed E-state index contributed by atoms with van der Waals surface area (Å²) >= 11 is 0. The van der Waals surface area contributed by atoms with Gasteiger partial charge in [0.25, 0.3) is 0 Å². The van der Waals surface area contributed by atoms with Crippen LogP contribution in [0.15, 0.2) is 42.7 Å². The number of urea groups is 1. The minimum absolute atomic E-state index is 0.0809. The first kappa shape index (κ1) is 15.7. The van der Waals surface area contributed by atoms with Gasteiger partial charge in [-0.2, -0.15) is 0 Å². The van der Waals surface area contributed by atoms with Gasteiger partial charge in [-0.1, -0.05) is 12.8 Å². The highest BCUT2D eigenvalue weighted by molar-refractivity contribution is 5.90. The van der Waals surface area contributed by atoms with Crippen molar-refractivity contribution in [1.82, 2.24) is 9.88 Å². The Morgan fingerprint density at radius 1 is 1.08 bits per heavy atom. The SMILES string of the molecule is O=C(Nc1ccc2c(c1)OCO2)N1CCCCC[C@H]1c1ccncc1. The van der Waals surface area contributed by atoms with E-state index in [4.69, 9.17) is 9.47 Å². The van der Waals surface area contributed by atoms with Crippen LogP contribution in [0, 0.1) is 0 Å². The molecule has 6 heteroatoms. The molecule has 0 spiro atoms. The van der Waals surface area contributed by atoms with Gasteiger partial charge in [-0.15, -0.1) is 0 Å². The van der Waals surface area contributed by atoms with Crippen LogP contribution in [-0.4, -0.2) is 29.3 Å². The molecule has 2 aromatic rings. The summed E-state index contributed by atoms with van der Waals surface area (Å²) < 4.78 is 10.7. The van der Waals surface area contributed by atoms with E-state index in [1.165, 1.54) is 0 Å². The fraction of sp³-hybridized carbons (Fsp3) is 0.368. The van der Waals surface area contributed by atoms with E-state index in [9.17, 15) is 4.79 Å². The van der Waals surface area contributed by atoms with Crippen LogP contribution in [0.5, 0.6) is 11.5 Å². The van der Waals surface area contributed by atoms with Crippen LogP contribution < -0.4 is 14.8 Å². The van der Waals surface area contributed by atoms with E-state index in [1.807, 2.05) is 29.2 Å². The van der Waals surface area contributed by atoms with Gasteiger partial charge >= 0.3 is 6.03 Å². The number of carbonyl (C=O) groups is 1. The molecule has 4 rings (SSSR count). The molecule has 0 bridgehead atoms. The third kappa shape index (κ3) is 3.38. The molecule has 3 heterocycles. The van der Waals surface area contributed by atoms with E-state index in [2.05, 4.69) is 10.3 Å². The lowest BCUT2D eigenvalue weighted by atomic mass is 10.0. The first-order valence-electron chi connectivity index (χ1n) is 8.68. The molecule has 0 aliphatic carbocycles. The highest BCUT2D eigenvalue weighted by atomic mass is 16.7. The van der Waals surface area contributed by atoms with Crippen molar-refractivity contribution in [3.8, 4) is 11.5 Å². The molecular formula is C19H21N3O3. The zero-order chi connectivity index (χ0) is 17.1. The number of carbonyl (C=O) groups excluding carboxylic acids is 1. The van der Waals surface area contributed by atoms with Crippen molar-refractivity contribution in [3.05, 3.63) is 48.3 Å². The van der Waals surface area contributed by atoms with E-state index < -0.39 is 0 Å². The number of anilines is 1. The Hall–Kier alpha value is -2.76. The standard InChI is InChI=1S/C19H21N3O3/c23-19(21-15-5-6-17-18(12-15)25-13-24-17)22-11-3-1-2-4-16(22)14-7-9-20-10-8-14/h5-10,12,16H,1-4,11,13H2,(H,21,23)/t16-/m0/s1. The van der Waals surface area contributed by atoms with Crippen LogP contribution in [0.25, 0.3) is 0 Å². The quantitative estimate of drug-likeness (QED) is 0.899. The maximum absolute atomic E-state index is 12.9. The molecule has 1 aromatic carbocycles. The summed E-state index contributed by atoms with van der Waals surface area (Å²) in [6, 6.07) is 9.46. The van der Waals surface area contributed by atoms with E-state index in [0.717, 1.165) is 37.8 Å². The zero-order valence-corrected chi connectivity index (χ0v) is 14.0. The third-order valence-electron chi connectivity index (χ3n) is 4.73. The summed E-state index contributed by atoms with van der Waals surface area (Å²) in [5.74, 6) is 1.38. The Labute approximate surface area is 146 Å². The largest absolute Gasteiger partial charge is 0.454 e. The Bertz CT molecular complexity index is 751. The topological polar surface area (TPSA) is 63.7 Å². The van der Waals surface area contributed by atoms with Gasteiger partial charge in [0.05, 0.1) is 6.04 Å². The van der Waals surface area contributed by atoms with Crippen molar-refractivity contribution in [1.29, 1.82) is 0 Å². The highest BCUT2D eigenvalue weighted by Gasteiger charge is 2.27. The highest BCUT2D eigenvalue weighted by Crippen LogP contribution is 2.35. The minimum Gasteiger partial charge on any atom is -0.454 e. The Balaban J connectivity index is 1.54. The summed E-state index contributed by atoms with van der Waals surface area (Å²) in [7, 11) is 0. The van der Waals surface area contributed by atoms with Crippen LogP contribution in [0.1, 0.15) is 37.3 Å². The number of aromatic nitrogens is 1. The number of hydrogen-bond donors (Lipinski definition) is 1. The number of amides is 2. The number of benzene rings is 1. The molecule has 25 heavy (non-hydrogen) atoms. The number of nitrogens with zero attached hydrogens (tertiary/aromatic N) is 2. The van der Waals surface area contributed by atoms with Crippen molar-refractivity contribution < 1.29 is 14.3 Å². The van der Waals surface area contributed by atoms with E-state index in [-0.39, 0.29) is 18.9 Å². The van der Waals surface area contributed by atoms with Crippen LogP contribution in [0.4, 0.5) is 10.5 Å². The second-order valence-electron chi connectivity index (χ2n) is 6.34. The number of rotatable bonds is 2. The summed E-state index contributed by atoms with van der Waals surface area (Å²) in [6.07, 6.45) is 7.84. The molecule has 1 atom stereocenters. The van der Waals surface area contributed by atoms with Crippen LogP contribution in [0.2, 0.25) is 0 Å². The van der Waals surface area contributed by atoms with Gasteiger partial charge in [0.1, 0.15) is 0 Å². The van der Waals surface area contributed by atoms with Gasteiger partial charge in [0.15, 0.2) is 11.5 Å². The lowest BCUT2D eigenvalue weighted by molar-refractivity contribution is 0.174. The molecule has 1 fully saturated rings. The molecule has 0 unspecified atom stereocenters. The monoisotopic (exact) mass is 339 g/mol. The molecule has 6 nitrogen and oxygen atoms in total. The van der Waals surface area contributed by atoms with Crippen LogP contribution in [-0.2, 0) is 0 Å². The Kier molecular flexibility index (Phi) is 4.41. The van der Waals surface area contributed by atoms with Gasteiger partial charge < -0.3 is 19.7 Å². The number of fused-ring (bicyclic) bond motifs is 1.